The van der Waals surface area contributed by atoms with Crippen molar-refractivity contribution < 1.29 is 22.7 Å². The van der Waals surface area contributed by atoms with Crippen LogP contribution >= 0.6 is 11.3 Å². The minimum absolute atomic E-state index is 0.104. The standard InChI is InChI=1S/C18H24N4O5S2/c1-12(18(24)22-8-5-15-14(10-22)6-9-28-15)27-17(23)4-7-19-29(25,26)16-11-21(3)13(2)20-16/h6,9,11-12,19H,4-5,7-8,10H2,1-3H3. The van der Waals surface area contributed by atoms with Gasteiger partial charge in [0.05, 0.1) is 6.42 Å². The second-order valence-corrected chi connectivity index (χ2v) is 9.61. The number of esters is 1. The van der Waals surface area contributed by atoms with Gasteiger partial charge in [0.15, 0.2) is 11.1 Å². The number of thiophene rings is 1. The van der Waals surface area contributed by atoms with E-state index in [4.69, 9.17) is 4.74 Å². The molecule has 0 bridgehead atoms. The van der Waals surface area contributed by atoms with Crippen molar-refractivity contribution >= 4 is 33.2 Å². The number of sulfonamides is 1. The molecule has 1 amide bonds. The van der Waals surface area contributed by atoms with E-state index >= 15 is 0 Å². The first-order valence-corrected chi connectivity index (χ1v) is 11.6. The molecule has 0 spiro atoms. The van der Waals surface area contributed by atoms with E-state index in [0.29, 0.717) is 18.9 Å². The van der Waals surface area contributed by atoms with Crippen LogP contribution in [-0.2, 0) is 44.4 Å². The summed E-state index contributed by atoms with van der Waals surface area (Å²) in [6, 6.07) is 2.01. The number of carbonyl (C=O) groups excluding carboxylic acids is 2. The van der Waals surface area contributed by atoms with Gasteiger partial charge in [0, 0.05) is 37.8 Å². The fraction of sp³-hybridized carbons (Fsp3) is 0.500. The van der Waals surface area contributed by atoms with Crippen LogP contribution in [0.3, 0.4) is 0 Å². The summed E-state index contributed by atoms with van der Waals surface area (Å²) in [7, 11) is -2.11. The molecular formula is C18H24N4O5S2. The Balaban J connectivity index is 1.46. The van der Waals surface area contributed by atoms with Gasteiger partial charge in [0.1, 0.15) is 5.82 Å². The summed E-state index contributed by atoms with van der Waals surface area (Å²) in [4.78, 5) is 31.5. The fourth-order valence-corrected chi connectivity index (χ4v) is 4.97. The lowest BCUT2D eigenvalue weighted by Gasteiger charge is -2.29. The molecule has 1 N–H and O–H groups in total. The Morgan fingerprint density at radius 2 is 2.17 bits per heavy atom. The number of nitrogens with one attached hydrogen (secondary N) is 1. The Hall–Kier alpha value is -2.24. The van der Waals surface area contributed by atoms with Crippen molar-refractivity contribution in [3.05, 3.63) is 33.9 Å². The topological polar surface area (TPSA) is 111 Å². The lowest BCUT2D eigenvalue weighted by atomic mass is 10.1. The van der Waals surface area contributed by atoms with Crippen molar-refractivity contribution in [2.24, 2.45) is 7.05 Å². The third-order valence-corrected chi connectivity index (χ3v) is 7.11. The molecule has 3 rings (SSSR count). The largest absolute Gasteiger partial charge is 0.452 e. The summed E-state index contributed by atoms with van der Waals surface area (Å²) in [5.41, 5.74) is 1.13. The number of aryl methyl sites for hydroxylation is 2. The van der Waals surface area contributed by atoms with E-state index in [0.717, 1.165) is 12.0 Å². The Morgan fingerprint density at radius 3 is 2.86 bits per heavy atom. The van der Waals surface area contributed by atoms with Gasteiger partial charge in [-0.1, -0.05) is 0 Å². The van der Waals surface area contributed by atoms with E-state index in [1.807, 2.05) is 11.4 Å². The predicted octanol–water partition coefficient (Wildman–Crippen LogP) is 0.975. The normalized spacial score (nSPS) is 15.1. The van der Waals surface area contributed by atoms with Crippen molar-refractivity contribution in [1.29, 1.82) is 0 Å². The number of aromatic nitrogens is 2. The summed E-state index contributed by atoms with van der Waals surface area (Å²) in [5, 5.41) is 1.91. The van der Waals surface area contributed by atoms with Gasteiger partial charge in [-0.2, -0.15) is 0 Å². The summed E-state index contributed by atoms with van der Waals surface area (Å²) < 4.78 is 33.5. The molecule has 0 aromatic carbocycles. The van der Waals surface area contributed by atoms with Crippen LogP contribution in [0.25, 0.3) is 0 Å². The zero-order valence-electron chi connectivity index (χ0n) is 16.5. The highest BCUT2D eigenvalue weighted by Gasteiger charge is 2.27. The van der Waals surface area contributed by atoms with Gasteiger partial charge in [0.2, 0.25) is 0 Å². The lowest BCUT2D eigenvalue weighted by Crippen LogP contribution is -2.42. The monoisotopic (exact) mass is 440 g/mol. The summed E-state index contributed by atoms with van der Waals surface area (Å²) in [5.74, 6) is -0.330. The van der Waals surface area contributed by atoms with Crippen LogP contribution in [0.15, 0.2) is 22.7 Å². The van der Waals surface area contributed by atoms with Crippen LogP contribution in [-0.4, -0.2) is 53.9 Å². The Labute approximate surface area is 173 Å². The molecule has 1 aliphatic rings. The van der Waals surface area contributed by atoms with E-state index in [1.54, 1.807) is 34.8 Å². The third kappa shape index (κ3) is 5.03. The van der Waals surface area contributed by atoms with E-state index in [1.165, 1.54) is 18.0 Å². The first kappa shape index (κ1) is 21.5. The van der Waals surface area contributed by atoms with Crippen molar-refractivity contribution in [2.75, 3.05) is 13.1 Å². The molecule has 0 radical (unpaired) electrons. The molecule has 0 saturated carbocycles. The van der Waals surface area contributed by atoms with Gasteiger partial charge in [-0.25, -0.2) is 18.1 Å². The molecule has 2 aromatic heterocycles. The van der Waals surface area contributed by atoms with Crippen molar-refractivity contribution in [3.63, 3.8) is 0 Å². The number of amides is 1. The molecule has 9 nitrogen and oxygen atoms in total. The number of ether oxygens (including phenoxy) is 1. The molecule has 0 saturated heterocycles. The SMILES string of the molecule is Cc1nc(S(=O)(=O)NCCC(=O)OC(C)C(=O)N2CCc3sccc3C2)cn1C. The molecule has 0 fully saturated rings. The van der Waals surface area contributed by atoms with Gasteiger partial charge in [0.25, 0.3) is 15.9 Å². The van der Waals surface area contributed by atoms with Crippen LogP contribution in [0.1, 0.15) is 29.6 Å². The van der Waals surface area contributed by atoms with Gasteiger partial charge >= 0.3 is 5.97 Å². The Kier molecular flexibility index (Phi) is 6.39. The van der Waals surface area contributed by atoms with Gasteiger partial charge < -0.3 is 14.2 Å². The maximum absolute atomic E-state index is 12.5. The van der Waals surface area contributed by atoms with Crippen molar-refractivity contribution in [1.82, 2.24) is 19.2 Å². The number of imidazole rings is 1. The Morgan fingerprint density at radius 1 is 1.41 bits per heavy atom. The molecule has 158 valence electrons. The van der Waals surface area contributed by atoms with Crippen LogP contribution in [0.2, 0.25) is 0 Å². The first-order chi connectivity index (χ1) is 13.7. The average Bonchev–Trinajstić information content (AvgIpc) is 3.27. The van der Waals surface area contributed by atoms with Crippen LogP contribution in [0.4, 0.5) is 0 Å². The summed E-state index contributed by atoms with van der Waals surface area (Å²) in [6.07, 6.45) is 1.09. The zero-order chi connectivity index (χ0) is 21.2. The molecule has 29 heavy (non-hydrogen) atoms. The lowest BCUT2D eigenvalue weighted by molar-refractivity contribution is -0.159. The maximum atomic E-state index is 12.5. The molecule has 0 aliphatic carbocycles. The molecule has 1 atom stereocenters. The van der Waals surface area contributed by atoms with Gasteiger partial charge in [-0.15, -0.1) is 11.3 Å². The minimum atomic E-state index is -3.81. The highest BCUT2D eigenvalue weighted by molar-refractivity contribution is 7.89. The van der Waals surface area contributed by atoms with Gasteiger partial charge in [-0.05, 0) is 37.3 Å². The summed E-state index contributed by atoms with van der Waals surface area (Å²) in [6.45, 7) is 4.20. The highest BCUT2D eigenvalue weighted by Crippen LogP contribution is 2.24. The van der Waals surface area contributed by atoms with E-state index in [2.05, 4.69) is 9.71 Å². The average molecular weight is 441 g/mol. The highest BCUT2D eigenvalue weighted by atomic mass is 32.2. The fourth-order valence-electron chi connectivity index (χ4n) is 3.02. The van der Waals surface area contributed by atoms with Crippen LogP contribution in [0.5, 0.6) is 0 Å². The van der Waals surface area contributed by atoms with Gasteiger partial charge in [-0.3, -0.25) is 9.59 Å². The minimum Gasteiger partial charge on any atom is -0.452 e. The third-order valence-electron chi connectivity index (χ3n) is 4.76. The summed E-state index contributed by atoms with van der Waals surface area (Å²) >= 11 is 1.68. The van der Waals surface area contributed by atoms with E-state index in [-0.39, 0.29) is 23.9 Å². The number of nitrogens with zero attached hydrogens (tertiary/aromatic N) is 3. The molecule has 1 aliphatic heterocycles. The van der Waals surface area contributed by atoms with Crippen LogP contribution < -0.4 is 4.72 Å². The number of hydrogen-bond acceptors (Lipinski definition) is 7. The van der Waals surface area contributed by atoms with E-state index < -0.39 is 22.1 Å². The molecule has 2 aromatic rings. The second-order valence-electron chi connectivity index (χ2n) is 6.90. The zero-order valence-corrected chi connectivity index (χ0v) is 18.2. The number of carbonyl (C=O) groups is 2. The predicted molar refractivity (Wildman–Crippen MR) is 107 cm³/mol. The smallest absolute Gasteiger partial charge is 0.307 e. The second kappa shape index (κ2) is 8.64. The number of hydrogen-bond donors (Lipinski definition) is 1. The Bertz CT molecular complexity index is 992. The molecule has 11 heteroatoms. The van der Waals surface area contributed by atoms with E-state index in [9.17, 15) is 18.0 Å². The van der Waals surface area contributed by atoms with Crippen molar-refractivity contribution in [3.8, 4) is 0 Å². The first-order valence-electron chi connectivity index (χ1n) is 9.20. The van der Waals surface area contributed by atoms with Crippen LogP contribution in [0, 0.1) is 6.92 Å². The quantitative estimate of drug-likeness (QED) is 0.643. The molecular weight excluding hydrogens is 416 g/mol. The number of fused-ring (bicyclic) bond motifs is 1. The number of rotatable bonds is 7. The molecule has 1 unspecified atom stereocenters. The molecule has 3 heterocycles. The maximum Gasteiger partial charge on any atom is 0.307 e. The van der Waals surface area contributed by atoms with Crippen molar-refractivity contribution in [2.45, 2.75) is 44.4 Å².